The van der Waals surface area contributed by atoms with E-state index in [4.69, 9.17) is 0 Å². The van der Waals surface area contributed by atoms with Crippen molar-refractivity contribution in [3.05, 3.63) is 39.3 Å². The molecule has 6 nitrogen and oxygen atoms in total. The minimum absolute atomic E-state index is 0.00986. The van der Waals surface area contributed by atoms with Gasteiger partial charge in [0.2, 0.25) is 5.82 Å². The zero-order valence-corrected chi connectivity index (χ0v) is 11.9. The molecule has 1 N–H and O–H groups in total. The summed E-state index contributed by atoms with van der Waals surface area (Å²) in [6.45, 7) is 5.92. The van der Waals surface area contributed by atoms with E-state index in [0.29, 0.717) is 17.8 Å². The Hall–Kier alpha value is -2.44. The van der Waals surface area contributed by atoms with E-state index in [2.05, 4.69) is 0 Å². The number of carbonyl (C=O) groups is 1. The second-order valence-corrected chi connectivity index (χ2v) is 5.04. The molecule has 1 heterocycles. The lowest BCUT2D eigenvalue weighted by atomic mass is 10.0. The lowest BCUT2D eigenvalue weighted by molar-refractivity contribution is -0.387. The molecule has 2 aromatic rings. The van der Waals surface area contributed by atoms with E-state index < -0.39 is 22.4 Å². The van der Waals surface area contributed by atoms with Gasteiger partial charge < -0.3 is 9.67 Å². The van der Waals surface area contributed by atoms with Crippen molar-refractivity contribution in [2.45, 2.75) is 33.2 Å². The SMILES string of the molecule is CCn1c(C(C)C)c(C(=O)O)c2cc(F)c([N+](=O)[O-])cc21. The van der Waals surface area contributed by atoms with Gasteiger partial charge in [0, 0.05) is 23.7 Å². The zero-order chi connectivity index (χ0) is 15.9. The van der Waals surface area contributed by atoms with Crippen LogP contribution in [0.15, 0.2) is 12.1 Å². The highest BCUT2D eigenvalue weighted by atomic mass is 19.1. The Morgan fingerprint density at radius 1 is 1.48 bits per heavy atom. The van der Waals surface area contributed by atoms with E-state index >= 15 is 0 Å². The number of hydrogen-bond acceptors (Lipinski definition) is 3. The fraction of sp³-hybridized carbons (Fsp3) is 0.357. The Kier molecular flexibility index (Phi) is 3.67. The van der Waals surface area contributed by atoms with E-state index in [1.807, 2.05) is 20.8 Å². The van der Waals surface area contributed by atoms with E-state index in [9.17, 15) is 24.4 Å². The summed E-state index contributed by atoms with van der Waals surface area (Å²) < 4.78 is 15.5. The van der Waals surface area contributed by atoms with E-state index in [1.165, 1.54) is 0 Å². The number of aromatic nitrogens is 1. The van der Waals surface area contributed by atoms with Crippen LogP contribution < -0.4 is 0 Å². The van der Waals surface area contributed by atoms with Crippen LogP contribution in [0.1, 0.15) is 42.7 Å². The van der Waals surface area contributed by atoms with Crippen molar-refractivity contribution in [2.24, 2.45) is 0 Å². The first-order valence-electron chi connectivity index (χ1n) is 6.52. The number of rotatable bonds is 4. The van der Waals surface area contributed by atoms with Gasteiger partial charge in [0.1, 0.15) is 0 Å². The maximum absolute atomic E-state index is 13.8. The molecule has 0 aliphatic rings. The first-order chi connectivity index (χ1) is 9.79. The number of aromatic carboxylic acids is 1. The number of aryl methyl sites for hydroxylation is 1. The number of nitrogens with zero attached hydrogens (tertiary/aromatic N) is 2. The van der Waals surface area contributed by atoms with Crippen LogP contribution in [0.4, 0.5) is 10.1 Å². The largest absolute Gasteiger partial charge is 0.478 e. The number of nitro benzene ring substituents is 1. The molecule has 2 rings (SSSR count). The van der Waals surface area contributed by atoms with Crippen LogP contribution in [-0.2, 0) is 6.54 Å². The molecule has 0 fully saturated rings. The quantitative estimate of drug-likeness (QED) is 0.690. The molecule has 0 unspecified atom stereocenters. The highest BCUT2D eigenvalue weighted by molar-refractivity contribution is 6.05. The van der Waals surface area contributed by atoms with Crippen LogP contribution in [0.3, 0.4) is 0 Å². The van der Waals surface area contributed by atoms with Gasteiger partial charge in [-0.15, -0.1) is 0 Å². The fourth-order valence-electron chi connectivity index (χ4n) is 2.68. The number of benzene rings is 1. The summed E-state index contributed by atoms with van der Waals surface area (Å²) in [5.74, 6) is -2.30. The van der Waals surface area contributed by atoms with Crippen molar-refractivity contribution in [3.8, 4) is 0 Å². The average Bonchev–Trinajstić information content (AvgIpc) is 2.70. The van der Waals surface area contributed by atoms with Crippen LogP contribution in [0.5, 0.6) is 0 Å². The highest BCUT2D eigenvalue weighted by Gasteiger charge is 2.27. The van der Waals surface area contributed by atoms with Crippen molar-refractivity contribution >= 4 is 22.6 Å². The van der Waals surface area contributed by atoms with E-state index in [0.717, 1.165) is 12.1 Å². The Bertz CT molecular complexity index is 749. The van der Waals surface area contributed by atoms with Gasteiger partial charge in [-0.2, -0.15) is 4.39 Å². The third-order valence-corrected chi connectivity index (χ3v) is 3.45. The number of halogens is 1. The Morgan fingerprint density at radius 3 is 2.52 bits per heavy atom. The van der Waals surface area contributed by atoms with Gasteiger partial charge in [-0.05, 0) is 18.9 Å². The van der Waals surface area contributed by atoms with Crippen LogP contribution >= 0.6 is 0 Å². The van der Waals surface area contributed by atoms with Crippen molar-refractivity contribution in [1.82, 2.24) is 4.57 Å². The van der Waals surface area contributed by atoms with Crippen molar-refractivity contribution in [1.29, 1.82) is 0 Å². The van der Waals surface area contributed by atoms with Crippen molar-refractivity contribution in [3.63, 3.8) is 0 Å². The van der Waals surface area contributed by atoms with Crippen LogP contribution in [0, 0.1) is 15.9 Å². The van der Waals surface area contributed by atoms with E-state index in [1.54, 1.807) is 4.57 Å². The van der Waals surface area contributed by atoms with Crippen LogP contribution in [-0.4, -0.2) is 20.6 Å². The molecule has 112 valence electrons. The van der Waals surface area contributed by atoms with Crippen LogP contribution in [0.25, 0.3) is 10.9 Å². The summed E-state index contributed by atoms with van der Waals surface area (Å²) in [6, 6.07) is 2.04. The molecule has 0 aliphatic carbocycles. The van der Waals surface area contributed by atoms with Gasteiger partial charge in [-0.1, -0.05) is 13.8 Å². The standard InChI is InChI=1S/C14H15FN2O4/c1-4-16-10-6-11(17(20)21)9(15)5-8(10)12(14(18)19)13(16)7(2)3/h5-7H,4H2,1-3H3,(H,18,19). The Labute approximate surface area is 119 Å². The molecule has 0 amide bonds. The lowest BCUT2D eigenvalue weighted by Crippen LogP contribution is -2.07. The maximum Gasteiger partial charge on any atom is 0.338 e. The Balaban J connectivity index is 2.99. The number of nitro groups is 1. The van der Waals surface area contributed by atoms with Crippen molar-refractivity contribution < 1.29 is 19.2 Å². The minimum Gasteiger partial charge on any atom is -0.478 e. The molecule has 0 aliphatic heterocycles. The summed E-state index contributed by atoms with van der Waals surface area (Å²) in [6.07, 6.45) is 0. The second kappa shape index (κ2) is 5.16. The van der Waals surface area contributed by atoms with Gasteiger partial charge >= 0.3 is 11.7 Å². The first kappa shape index (κ1) is 15.0. The average molecular weight is 294 g/mol. The number of carboxylic acids is 1. The van der Waals surface area contributed by atoms with Gasteiger partial charge in [-0.3, -0.25) is 10.1 Å². The molecule has 1 aromatic heterocycles. The van der Waals surface area contributed by atoms with Gasteiger partial charge in [-0.25, -0.2) is 4.79 Å². The number of carboxylic acid groups (broad SMARTS) is 1. The molecule has 21 heavy (non-hydrogen) atoms. The predicted molar refractivity (Wildman–Crippen MR) is 75.3 cm³/mol. The monoisotopic (exact) mass is 294 g/mol. The molecule has 1 aromatic carbocycles. The normalized spacial score (nSPS) is 11.3. The smallest absolute Gasteiger partial charge is 0.338 e. The van der Waals surface area contributed by atoms with Gasteiger partial charge in [0.25, 0.3) is 0 Å². The summed E-state index contributed by atoms with van der Waals surface area (Å²) in [5.41, 5.74) is 0.268. The molecule has 0 bridgehead atoms. The number of fused-ring (bicyclic) bond motifs is 1. The molecule has 0 radical (unpaired) electrons. The number of hydrogen-bond donors (Lipinski definition) is 1. The van der Waals surface area contributed by atoms with Gasteiger partial charge in [0.05, 0.1) is 16.0 Å². The molecular weight excluding hydrogens is 279 g/mol. The van der Waals surface area contributed by atoms with E-state index in [-0.39, 0.29) is 16.9 Å². The summed E-state index contributed by atoms with van der Waals surface area (Å²) in [4.78, 5) is 21.6. The summed E-state index contributed by atoms with van der Waals surface area (Å²) in [7, 11) is 0. The summed E-state index contributed by atoms with van der Waals surface area (Å²) in [5, 5.41) is 20.5. The third-order valence-electron chi connectivity index (χ3n) is 3.45. The zero-order valence-electron chi connectivity index (χ0n) is 11.9. The highest BCUT2D eigenvalue weighted by Crippen LogP contribution is 2.34. The molecular formula is C14H15FN2O4. The predicted octanol–water partition coefficient (Wildman–Crippen LogP) is 3.53. The lowest BCUT2D eigenvalue weighted by Gasteiger charge is -2.11. The summed E-state index contributed by atoms with van der Waals surface area (Å²) >= 11 is 0. The fourth-order valence-corrected chi connectivity index (χ4v) is 2.68. The van der Waals surface area contributed by atoms with Gasteiger partial charge in [0.15, 0.2) is 0 Å². The third kappa shape index (κ3) is 2.24. The molecule has 0 atom stereocenters. The molecule has 0 saturated carbocycles. The molecule has 0 spiro atoms. The Morgan fingerprint density at radius 2 is 2.10 bits per heavy atom. The maximum atomic E-state index is 13.8. The second-order valence-electron chi connectivity index (χ2n) is 5.04. The topological polar surface area (TPSA) is 85.4 Å². The minimum atomic E-state index is -1.16. The first-order valence-corrected chi connectivity index (χ1v) is 6.52. The van der Waals surface area contributed by atoms with Crippen molar-refractivity contribution in [2.75, 3.05) is 0 Å². The molecule has 7 heteroatoms. The molecule has 0 saturated heterocycles. The van der Waals surface area contributed by atoms with Crippen LogP contribution in [0.2, 0.25) is 0 Å².